The lowest BCUT2D eigenvalue weighted by molar-refractivity contribution is 0.102. The first-order valence-corrected chi connectivity index (χ1v) is 7.22. The molecule has 0 aromatic heterocycles. The first-order valence-electron chi connectivity index (χ1n) is 7.22. The minimum Gasteiger partial charge on any atom is -0.495 e. The van der Waals surface area contributed by atoms with Crippen LogP contribution in [0.4, 0.5) is 5.69 Å². The van der Waals surface area contributed by atoms with Crippen molar-refractivity contribution in [1.82, 2.24) is 0 Å². The molecular weight excluding hydrogens is 278 g/mol. The lowest BCUT2D eigenvalue weighted by Crippen LogP contribution is -2.13. The van der Waals surface area contributed by atoms with Gasteiger partial charge in [0, 0.05) is 5.56 Å². The normalized spacial score (nSPS) is 10.4. The van der Waals surface area contributed by atoms with Crippen LogP contribution >= 0.6 is 0 Å². The van der Waals surface area contributed by atoms with E-state index in [0.29, 0.717) is 22.7 Å². The zero-order valence-electron chi connectivity index (χ0n) is 13.3. The van der Waals surface area contributed by atoms with Gasteiger partial charge in [0.05, 0.1) is 18.9 Å². The van der Waals surface area contributed by atoms with E-state index in [0.717, 1.165) is 5.56 Å². The summed E-state index contributed by atoms with van der Waals surface area (Å²) in [5.74, 6) is 1.12. The number of benzene rings is 2. The summed E-state index contributed by atoms with van der Waals surface area (Å²) in [5.41, 5.74) is 2.25. The van der Waals surface area contributed by atoms with Gasteiger partial charge in [0.1, 0.15) is 11.5 Å². The molecule has 1 amide bonds. The second-order valence-electron chi connectivity index (χ2n) is 5.35. The lowest BCUT2D eigenvalue weighted by Gasteiger charge is -2.13. The summed E-state index contributed by atoms with van der Waals surface area (Å²) in [4.78, 5) is 12.4. The van der Waals surface area contributed by atoms with Crippen molar-refractivity contribution >= 4 is 11.6 Å². The van der Waals surface area contributed by atoms with E-state index >= 15 is 0 Å². The Kier molecular flexibility index (Phi) is 5.04. The van der Waals surface area contributed by atoms with Gasteiger partial charge in [0.2, 0.25) is 0 Å². The monoisotopic (exact) mass is 299 g/mol. The number of hydrogen-bond acceptors (Lipinski definition) is 3. The summed E-state index contributed by atoms with van der Waals surface area (Å²) in [6.07, 6.45) is 0.0650. The van der Waals surface area contributed by atoms with Crippen LogP contribution in [-0.2, 0) is 0 Å². The highest BCUT2D eigenvalue weighted by atomic mass is 16.5. The summed E-state index contributed by atoms with van der Waals surface area (Å²) < 4.78 is 10.9. The second kappa shape index (κ2) is 6.98. The van der Waals surface area contributed by atoms with E-state index in [-0.39, 0.29) is 12.0 Å². The number of amides is 1. The van der Waals surface area contributed by atoms with Crippen LogP contribution in [0.1, 0.15) is 29.8 Å². The highest BCUT2D eigenvalue weighted by Crippen LogP contribution is 2.26. The third kappa shape index (κ3) is 4.01. The van der Waals surface area contributed by atoms with Crippen molar-refractivity contribution in [2.45, 2.75) is 26.9 Å². The molecule has 0 unspecified atom stereocenters. The van der Waals surface area contributed by atoms with Crippen LogP contribution in [0.15, 0.2) is 42.5 Å². The first kappa shape index (κ1) is 15.9. The average molecular weight is 299 g/mol. The molecule has 0 aliphatic heterocycles. The SMILES string of the molecule is COc1ccc(C)cc1NC(=O)c1cccc(OC(C)C)c1. The fourth-order valence-electron chi connectivity index (χ4n) is 2.10. The van der Waals surface area contributed by atoms with Crippen LogP contribution in [0, 0.1) is 6.92 Å². The number of carbonyl (C=O) groups is 1. The zero-order chi connectivity index (χ0) is 16.1. The number of ether oxygens (including phenoxy) is 2. The molecule has 0 aliphatic carbocycles. The molecule has 2 aromatic rings. The third-order valence-electron chi connectivity index (χ3n) is 3.07. The number of rotatable bonds is 5. The molecule has 0 saturated carbocycles. The van der Waals surface area contributed by atoms with Gasteiger partial charge < -0.3 is 14.8 Å². The molecule has 0 bridgehead atoms. The molecule has 4 nitrogen and oxygen atoms in total. The summed E-state index contributed by atoms with van der Waals surface area (Å²) in [7, 11) is 1.58. The Morgan fingerprint density at radius 3 is 2.59 bits per heavy atom. The van der Waals surface area contributed by atoms with Crippen molar-refractivity contribution in [2.75, 3.05) is 12.4 Å². The average Bonchev–Trinajstić information content (AvgIpc) is 2.47. The van der Waals surface area contributed by atoms with Crippen LogP contribution in [0.2, 0.25) is 0 Å². The molecule has 2 rings (SSSR count). The fraction of sp³-hybridized carbons (Fsp3) is 0.278. The molecular formula is C18H21NO3. The van der Waals surface area contributed by atoms with Crippen molar-refractivity contribution in [1.29, 1.82) is 0 Å². The van der Waals surface area contributed by atoms with Crippen molar-refractivity contribution < 1.29 is 14.3 Å². The maximum Gasteiger partial charge on any atom is 0.255 e. The van der Waals surface area contributed by atoms with Crippen LogP contribution in [0.5, 0.6) is 11.5 Å². The summed E-state index contributed by atoms with van der Waals surface area (Å²) in [5, 5.41) is 2.88. The van der Waals surface area contributed by atoms with Gasteiger partial charge in [-0.25, -0.2) is 0 Å². The minimum atomic E-state index is -0.196. The predicted octanol–water partition coefficient (Wildman–Crippen LogP) is 4.04. The molecule has 0 fully saturated rings. The molecule has 0 spiro atoms. The molecule has 0 atom stereocenters. The Morgan fingerprint density at radius 1 is 1.14 bits per heavy atom. The number of nitrogens with one attached hydrogen (secondary N) is 1. The zero-order valence-corrected chi connectivity index (χ0v) is 13.3. The smallest absolute Gasteiger partial charge is 0.255 e. The Balaban J connectivity index is 2.20. The molecule has 4 heteroatoms. The van der Waals surface area contributed by atoms with Crippen LogP contribution < -0.4 is 14.8 Å². The lowest BCUT2D eigenvalue weighted by atomic mass is 10.1. The first-order chi connectivity index (χ1) is 10.5. The molecule has 1 N–H and O–H groups in total. The highest BCUT2D eigenvalue weighted by Gasteiger charge is 2.11. The van der Waals surface area contributed by atoms with Gasteiger partial charge in [-0.2, -0.15) is 0 Å². The summed E-state index contributed by atoms with van der Waals surface area (Å²) >= 11 is 0. The minimum absolute atomic E-state index is 0.0650. The second-order valence-corrected chi connectivity index (χ2v) is 5.35. The van der Waals surface area contributed by atoms with Gasteiger partial charge in [-0.05, 0) is 56.7 Å². The van der Waals surface area contributed by atoms with Crippen LogP contribution in [-0.4, -0.2) is 19.1 Å². The van der Waals surface area contributed by atoms with Crippen molar-refractivity contribution in [2.24, 2.45) is 0 Å². The van der Waals surface area contributed by atoms with E-state index in [1.165, 1.54) is 0 Å². The van der Waals surface area contributed by atoms with Crippen molar-refractivity contribution in [3.8, 4) is 11.5 Å². The van der Waals surface area contributed by atoms with Gasteiger partial charge in [-0.3, -0.25) is 4.79 Å². The topological polar surface area (TPSA) is 47.6 Å². The number of hydrogen-bond donors (Lipinski definition) is 1. The molecule has 0 saturated heterocycles. The Morgan fingerprint density at radius 2 is 1.91 bits per heavy atom. The standard InChI is InChI=1S/C18H21NO3/c1-12(2)22-15-7-5-6-14(11-15)18(20)19-16-10-13(3)8-9-17(16)21-4/h5-12H,1-4H3,(H,19,20). The number of carbonyl (C=O) groups excluding carboxylic acids is 1. The molecule has 0 radical (unpaired) electrons. The van der Waals surface area contributed by atoms with Crippen LogP contribution in [0.25, 0.3) is 0 Å². The van der Waals surface area contributed by atoms with E-state index in [1.807, 2.05) is 45.0 Å². The summed E-state index contributed by atoms with van der Waals surface area (Å²) in [6, 6.07) is 12.8. The predicted molar refractivity (Wildman–Crippen MR) is 87.9 cm³/mol. The molecule has 22 heavy (non-hydrogen) atoms. The van der Waals surface area contributed by atoms with E-state index in [4.69, 9.17) is 9.47 Å². The summed E-state index contributed by atoms with van der Waals surface area (Å²) in [6.45, 7) is 5.86. The van der Waals surface area contributed by atoms with Gasteiger partial charge in [-0.15, -0.1) is 0 Å². The molecule has 2 aromatic carbocycles. The quantitative estimate of drug-likeness (QED) is 0.906. The molecule has 0 aliphatic rings. The van der Waals surface area contributed by atoms with Gasteiger partial charge >= 0.3 is 0 Å². The maximum absolute atomic E-state index is 12.4. The van der Waals surface area contributed by atoms with E-state index in [2.05, 4.69) is 5.32 Å². The van der Waals surface area contributed by atoms with E-state index < -0.39 is 0 Å². The van der Waals surface area contributed by atoms with E-state index in [9.17, 15) is 4.79 Å². The van der Waals surface area contributed by atoms with Crippen molar-refractivity contribution in [3.05, 3.63) is 53.6 Å². The fourth-order valence-corrected chi connectivity index (χ4v) is 2.10. The Labute approximate surface area is 131 Å². The van der Waals surface area contributed by atoms with Crippen LogP contribution in [0.3, 0.4) is 0 Å². The Bertz CT molecular complexity index is 665. The van der Waals surface area contributed by atoms with Gasteiger partial charge in [0.15, 0.2) is 0 Å². The van der Waals surface area contributed by atoms with E-state index in [1.54, 1.807) is 25.3 Å². The molecule has 0 heterocycles. The number of methoxy groups -OCH3 is 1. The van der Waals surface area contributed by atoms with Gasteiger partial charge in [-0.1, -0.05) is 12.1 Å². The number of anilines is 1. The van der Waals surface area contributed by atoms with Gasteiger partial charge in [0.25, 0.3) is 5.91 Å². The highest BCUT2D eigenvalue weighted by molar-refractivity contribution is 6.05. The number of aryl methyl sites for hydroxylation is 1. The third-order valence-corrected chi connectivity index (χ3v) is 3.07. The largest absolute Gasteiger partial charge is 0.495 e. The Hall–Kier alpha value is -2.49. The molecule has 116 valence electrons. The maximum atomic E-state index is 12.4. The van der Waals surface area contributed by atoms with Crippen molar-refractivity contribution in [3.63, 3.8) is 0 Å².